The normalized spacial score (nSPS) is 15.0. The van der Waals surface area contributed by atoms with Crippen LogP contribution < -0.4 is 18.9 Å². The molecule has 8 nitrogen and oxygen atoms in total. The second-order valence-electron chi connectivity index (χ2n) is 6.91. The Bertz CT molecular complexity index is 961. The number of hydrogen-bond acceptors (Lipinski definition) is 6. The summed E-state index contributed by atoms with van der Waals surface area (Å²) in [5, 5.41) is 0. The largest absolute Gasteiger partial charge is 0.493 e. The van der Waals surface area contributed by atoms with Gasteiger partial charge < -0.3 is 19.1 Å². The van der Waals surface area contributed by atoms with Crippen molar-refractivity contribution in [2.45, 2.75) is 23.8 Å². The van der Waals surface area contributed by atoms with Gasteiger partial charge in [-0.3, -0.25) is 4.79 Å². The standard InChI is InChI=1S/C21H26N2O6S/c1-27-18-13-15(14-19(28-2)20(18)29-3)21(24)23-11-9-16(10-12-23)22-30(25,26)17-7-5-4-6-8-17/h4-8,13-14,16,22H,9-12H2,1-3H3. The zero-order valence-corrected chi connectivity index (χ0v) is 18.1. The van der Waals surface area contributed by atoms with E-state index in [1.165, 1.54) is 21.3 Å². The van der Waals surface area contributed by atoms with E-state index in [2.05, 4.69) is 4.72 Å². The summed E-state index contributed by atoms with van der Waals surface area (Å²) in [6.45, 7) is 0.884. The van der Waals surface area contributed by atoms with E-state index in [0.717, 1.165) is 0 Å². The van der Waals surface area contributed by atoms with Crippen molar-refractivity contribution in [1.82, 2.24) is 9.62 Å². The molecule has 0 aromatic heterocycles. The first-order chi connectivity index (χ1) is 14.4. The molecule has 1 aliphatic heterocycles. The molecular weight excluding hydrogens is 408 g/mol. The molecule has 3 rings (SSSR count). The molecular formula is C21H26N2O6S. The maximum absolute atomic E-state index is 13.0. The van der Waals surface area contributed by atoms with Crippen LogP contribution >= 0.6 is 0 Å². The molecule has 0 spiro atoms. The van der Waals surface area contributed by atoms with Gasteiger partial charge in [0.25, 0.3) is 5.91 Å². The van der Waals surface area contributed by atoms with Crippen molar-refractivity contribution in [1.29, 1.82) is 0 Å². The molecule has 0 radical (unpaired) electrons. The minimum atomic E-state index is -3.58. The molecule has 30 heavy (non-hydrogen) atoms. The van der Waals surface area contributed by atoms with Crippen LogP contribution in [-0.4, -0.2) is 59.7 Å². The summed E-state index contributed by atoms with van der Waals surface area (Å²) < 4.78 is 43.7. The molecule has 1 N–H and O–H groups in total. The maximum atomic E-state index is 13.0. The number of likely N-dealkylation sites (tertiary alicyclic amines) is 1. The van der Waals surface area contributed by atoms with Gasteiger partial charge in [-0.15, -0.1) is 0 Å². The Kier molecular flexibility index (Phi) is 6.84. The van der Waals surface area contributed by atoms with Gasteiger partial charge >= 0.3 is 0 Å². The summed E-state index contributed by atoms with van der Waals surface area (Å²) in [5.74, 6) is 1.07. The van der Waals surface area contributed by atoms with Crippen LogP contribution in [0.1, 0.15) is 23.2 Å². The molecule has 1 amide bonds. The van der Waals surface area contributed by atoms with Crippen LogP contribution in [0.2, 0.25) is 0 Å². The Morgan fingerprint density at radius 2 is 1.53 bits per heavy atom. The number of carbonyl (C=O) groups is 1. The first-order valence-electron chi connectivity index (χ1n) is 9.56. The number of carbonyl (C=O) groups excluding carboxylic acids is 1. The topological polar surface area (TPSA) is 94.2 Å². The average molecular weight is 435 g/mol. The molecule has 0 aliphatic carbocycles. The van der Waals surface area contributed by atoms with Gasteiger partial charge in [0, 0.05) is 24.7 Å². The molecule has 1 heterocycles. The summed E-state index contributed by atoms with van der Waals surface area (Å²) in [6.07, 6.45) is 1.06. The zero-order valence-electron chi connectivity index (χ0n) is 17.3. The van der Waals surface area contributed by atoms with Gasteiger partial charge in [-0.1, -0.05) is 18.2 Å². The number of benzene rings is 2. The number of piperidine rings is 1. The van der Waals surface area contributed by atoms with Gasteiger partial charge in [0.2, 0.25) is 15.8 Å². The number of rotatable bonds is 7. The first kappa shape index (κ1) is 21.9. The molecule has 1 fully saturated rings. The molecule has 1 saturated heterocycles. The molecule has 162 valence electrons. The summed E-state index contributed by atoms with van der Waals surface area (Å²) in [6, 6.07) is 11.3. The highest BCUT2D eigenvalue weighted by Crippen LogP contribution is 2.38. The molecule has 0 bridgehead atoms. The van der Waals surface area contributed by atoms with E-state index in [1.54, 1.807) is 47.4 Å². The minimum Gasteiger partial charge on any atom is -0.493 e. The van der Waals surface area contributed by atoms with E-state index in [1.807, 2.05) is 0 Å². The van der Waals surface area contributed by atoms with Crippen LogP contribution in [-0.2, 0) is 10.0 Å². The average Bonchev–Trinajstić information content (AvgIpc) is 2.78. The van der Waals surface area contributed by atoms with Gasteiger partial charge in [-0.2, -0.15) is 0 Å². The van der Waals surface area contributed by atoms with Crippen LogP contribution in [0.5, 0.6) is 17.2 Å². The van der Waals surface area contributed by atoms with Crippen molar-refractivity contribution in [3.05, 3.63) is 48.0 Å². The Morgan fingerprint density at radius 3 is 2.03 bits per heavy atom. The quantitative estimate of drug-likeness (QED) is 0.719. The lowest BCUT2D eigenvalue weighted by molar-refractivity contribution is 0.0710. The van der Waals surface area contributed by atoms with E-state index in [0.29, 0.717) is 48.7 Å². The summed E-state index contributed by atoms with van der Waals surface area (Å²) in [4.78, 5) is 14.9. The monoisotopic (exact) mass is 434 g/mol. The number of hydrogen-bond donors (Lipinski definition) is 1. The van der Waals surface area contributed by atoms with Crippen molar-refractivity contribution >= 4 is 15.9 Å². The lowest BCUT2D eigenvalue weighted by Gasteiger charge is -2.32. The second-order valence-corrected chi connectivity index (χ2v) is 8.63. The van der Waals surface area contributed by atoms with Gasteiger partial charge in [-0.05, 0) is 37.1 Å². The Balaban J connectivity index is 1.67. The van der Waals surface area contributed by atoms with Crippen molar-refractivity contribution < 1.29 is 27.4 Å². The lowest BCUT2D eigenvalue weighted by Crippen LogP contribution is -2.46. The van der Waals surface area contributed by atoms with E-state index >= 15 is 0 Å². The third kappa shape index (κ3) is 4.68. The number of amides is 1. The summed E-state index contributed by atoms with van der Waals surface area (Å²) in [5.41, 5.74) is 0.424. The molecule has 2 aromatic rings. The van der Waals surface area contributed by atoms with E-state index in [4.69, 9.17) is 14.2 Å². The van der Waals surface area contributed by atoms with E-state index < -0.39 is 10.0 Å². The Hall–Kier alpha value is -2.78. The van der Waals surface area contributed by atoms with Crippen LogP contribution in [0.4, 0.5) is 0 Å². The van der Waals surface area contributed by atoms with E-state index in [-0.39, 0.29) is 16.8 Å². The van der Waals surface area contributed by atoms with Crippen LogP contribution in [0, 0.1) is 0 Å². The highest BCUT2D eigenvalue weighted by Gasteiger charge is 2.28. The number of sulfonamides is 1. The van der Waals surface area contributed by atoms with Gasteiger partial charge in [0.15, 0.2) is 11.5 Å². The molecule has 0 saturated carbocycles. The van der Waals surface area contributed by atoms with Crippen molar-refractivity contribution in [3.8, 4) is 17.2 Å². The maximum Gasteiger partial charge on any atom is 0.254 e. The first-order valence-corrected chi connectivity index (χ1v) is 11.0. The van der Waals surface area contributed by atoms with Gasteiger partial charge in [-0.25, -0.2) is 13.1 Å². The van der Waals surface area contributed by atoms with Crippen LogP contribution in [0.3, 0.4) is 0 Å². The Morgan fingerprint density at radius 1 is 0.967 bits per heavy atom. The zero-order chi connectivity index (χ0) is 21.7. The third-order valence-electron chi connectivity index (χ3n) is 5.07. The molecule has 2 aromatic carbocycles. The second kappa shape index (κ2) is 9.36. The minimum absolute atomic E-state index is 0.168. The number of methoxy groups -OCH3 is 3. The third-order valence-corrected chi connectivity index (χ3v) is 6.61. The molecule has 0 unspecified atom stereocenters. The number of nitrogens with one attached hydrogen (secondary N) is 1. The number of nitrogens with zero attached hydrogens (tertiary/aromatic N) is 1. The van der Waals surface area contributed by atoms with Gasteiger partial charge in [0.1, 0.15) is 0 Å². The fourth-order valence-corrected chi connectivity index (χ4v) is 4.80. The van der Waals surface area contributed by atoms with Crippen LogP contribution in [0.15, 0.2) is 47.4 Å². The van der Waals surface area contributed by atoms with Crippen molar-refractivity contribution in [2.24, 2.45) is 0 Å². The van der Waals surface area contributed by atoms with Crippen LogP contribution in [0.25, 0.3) is 0 Å². The molecule has 1 aliphatic rings. The van der Waals surface area contributed by atoms with E-state index in [9.17, 15) is 13.2 Å². The highest BCUT2D eigenvalue weighted by molar-refractivity contribution is 7.89. The fraction of sp³-hybridized carbons (Fsp3) is 0.381. The van der Waals surface area contributed by atoms with Crippen molar-refractivity contribution in [3.63, 3.8) is 0 Å². The summed E-state index contributed by atoms with van der Waals surface area (Å²) in [7, 11) is 0.919. The van der Waals surface area contributed by atoms with Crippen molar-refractivity contribution in [2.75, 3.05) is 34.4 Å². The number of ether oxygens (including phenoxy) is 3. The lowest BCUT2D eigenvalue weighted by atomic mass is 10.0. The molecule has 9 heteroatoms. The molecule has 0 atom stereocenters. The predicted molar refractivity (Wildman–Crippen MR) is 112 cm³/mol. The smallest absolute Gasteiger partial charge is 0.254 e. The highest BCUT2D eigenvalue weighted by atomic mass is 32.2. The Labute approximate surface area is 176 Å². The SMILES string of the molecule is COc1cc(C(=O)N2CCC(NS(=O)(=O)c3ccccc3)CC2)cc(OC)c1OC. The van der Waals surface area contributed by atoms with Gasteiger partial charge in [0.05, 0.1) is 26.2 Å². The fourth-order valence-electron chi connectivity index (χ4n) is 3.47. The summed E-state index contributed by atoms with van der Waals surface area (Å²) >= 11 is 0. The predicted octanol–water partition coefficient (Wildman–Crippen LogP) is 2.30.